The summed E-state index contributed by atoms with van der Waals surface area (Å²) < 4.78 is 39.4. The Labute approximate surface area is 169 Å². The van der Waals surface area contributed by atoms with Gasteiger partial charge in [0, 0.05) is 19.5 Å². The minimum atomic E-state index is -2.86. The fraction of sp³-hybridized carbons (Fsp3) is 0.421. The molecule has 0 spiro atoms. The molecule has 3 N–H and O–H groups in total. The topological polar surface area (TPSA) is 89.6 Å². The Morgan fingerprint density at radius 2 is 2.10 bits per heavy atom. The first-order valence-corrected chi connectivity index (χ1v) is 9.66. The molecule has 4 aliphatic rings. The predicted molar refractivity (Wildman–Crippen MR) is 99.6 cm³/mol. The number of halogens is 3. The molecule has 30 heavy (non-hydrogen) atoms. The van der Waals surface area contributed by atoms with Crippen molar-refractivity contribution in [1.82, 2.24) is 25.4 Å². The quantitative estimate of drug-likeness (QED) is 0.687. The van der Waals surface area contributed by atoms with E-state index in [1.165, 1.54) is 17.0 Å². The summed E-state index contributed by atoms with van der Waals surface area (Å²) in [6, 6.07) is -0.0724. The maximum atomic E-state index is 13.1. The molecule has 1 saturated heterocycles. The van der Waals surface area contributed by atoms with Crippen LogP contribution in [0.4, 0.5) is 23.8 Å². The molecular weight excluding hydrogens is 401 g/mol. The number of hydrogen-bond acceptors (Lipinski definition) is 5. The number of amides is 3. The van der Waals surface area contributed by atoms with Gasteiger partial charge in [0.1, 0.15) is 23.5 Å². The number of alkyl halides is 2. The van der Waals surface area contributed by atoms with Gasteiger partial charge in [0.15, 0.2) is 0 Å². The average molecular weight is 420 g/mol. The summed E-state index contributed by atoms with van der Waals surface area (Å²) in [5, 5.41) is 8.00. The Bertz CT molecular complexity index is 964. The van der Waals surface area contributed by atoms with E-state index in [0.29, 0.717) is 12.4 Å². The zero-order chi connectivity index (χ0) is 21.0. The van der Waals surface area contributed by atoms with Gasteiger partial charge in [-0.3, -0.25) is 15.0 Å². The van der Waals surface area contributed by atoms with Crippen LogP contribution in [-0.2, 0) is 4.79 Å². The third-order valence-electron chi connectivity index (χ3n) is 5.70. The van der Waals surface area contributed by atoms with Crippen LogP contribution < -0.4 is 16.0 Å². The first-order valence-electron chi connectivity index (χ1n) is 9.66. The van der Waals surface area contributed by atoms with Crippen molar-refractivity contribution in [2.24, 2.45) is 0 Å². The van der Waals surface area contributed by atoms with Crippen molar-refractivity contribution < 1.29 is 22.8 Å². The van der Waals surface area contributed by atoms with Gasteiger partial charge in [-0.2, -0.15) is 0 Å². The smallest absolute Gasteiger partial charge is 0.328 e. The molecule has 1 saturated carbocycles. The molecule has 2 bridgehead atoms. The van der Waals surface area contributed by atoms with Gasteiger partial charge < -0.3 is 15.5 Å². The third kappa shape index (κ3) is 3.23. The van der Waals surface area contributed by atoms with E-state index in [1.807, 2.05) is 0 Å². The molecule has 158 valence electrons. The molecule has 0 aromatic carbocycles. The lowest BCUT2D eigenvalue weighted by atomic mass is 10.1. The summed E-state index contributed by atoms with van der Waals surface area (Å²) in [5.41, 5.74) is 0.756. The molecule has 5 rings (SSSR count). The number of dihydropyridines is 1. The highest BCUT2D eigenvalue weighted by Gasteiger charge is 2.58. The largest absolute Gasteiger partial charge is 0.366 e. The number of aromatic nitrogens is 1. The van der Waals surface area contributed by atoms with Gasteiger partial charge in [0.25, 0.3) is 5.92 Å². The molecule has 1 aromatic heterocycles. The first-order chi connectivity index (χ1) is 14.3. The van der Waals surface area contributed by atoms with Crippen molar-refractivity contribution in [2.45, 2.75) is 36.9 Å². The number of hydrogen-bond donors (Lipinski definition) is 3. The number of pyridine rings is 1. The van der Waals surface area contributed by atoms with Crippen molar-refractivity contribution >= 4 is 17.8 Å². The van der Waals surface area contributed by atoms with E-state index in [9.17, 15) is 22.8 Å². The minimum Gasteiger partial charge on any atom is -0.366 e. The van der Waals surface area contributed by atoms with Gasteiger partial charge in [-0.25, -0.2) is 22.9 Å². The van der Waals surface area contributed by atoms with Gasteiger partial charge in [0.05, 0.1) is 24.0 Å². The highest BCUT2D eigenvalue weighted by atomic mass is 19.3. The van der Waals surface area contributed by atoms with Crippen molar-refractivity contribution in [3.05, 3.63) is 47.8 Å². The molecule has 0 radical (unpaired) electrons. The van der Waals surface area contributed by atoms with Crippen LogP contribution in [0.1, 0.15) is 12.8 Å². The second kappa shape index (κ2) is 6.64. The molecule has 8 nitrogen and oxygen atoms in total. The molecule has 2 unspecified atom stereocenters. The number of nitrogens with one attached hydrogen (secondary N) is 3. The maximum absolute atomic E-state index is 13.1. The fourth-order valence-electron chi connectivity index (χ4n) is 4.01. The van der Waals surface area contributed by atoms with E-state index in [4.69, 9.17) is 0 Å². The highest BCUT2D eigenvalue weighted by Crippen LogP contribution is 2.41. The van der Waals surface area contributed by atoms with Gasteiger partial charge in [-0.1, -0.05) is 6.08 Å². The standard InChI is InChI=1S/C19H19F3N6O2/c20-10-1-4-15(23-8-10)26-18(30)28-11-5-6-27(9-11)13-3-2-12(24-16(13)28)17(29)25-14-7-19(14,21)22/h1-4,8,11-12,14,24H,5-7,9H2,(H,25,29)(H,23,26,30)/t11-,12?,14?/m0/s1. The summed E-state index contributed by atoms with van der Waals surface area (Å²) in [4.78, 5) is 32.9. The summed E-state index contributed by atoms with van der Waals surface area (Å²) in [7, 11) is 0. The summed E-state index contributed by atoms with van der Waals surface area (Å²) in [6.45, 7) is 1.39. The Morgan fingerprint density at radius 3 is 2.80 bits per heavy atom. The molecule has 3 amide bonds. The molecule has 1 aromatic rings. The molecule has 1 aliphatic carbocycles. The summed E-state index contributed by atoms with van der Waals surface area (Å²) in [6.07, 6.45) is 4.71. The van der Waals surface area contributed by atoms with E-state index < -0.39 is 35.8 Å². The second-order valence-electron chi connectivity index (χ2n) is 7.79. The van der Waals surface area contributed by atoms with Crippen LogP contribution in [0.2, 0.25) is 0 Å². The maximum Gasteiger partial charge on any atom is 0.328 e. The monoisotopic (exact) mass is 420 g/mol. The molecule has 11 heteroatoms. The van der Waals surface area contributed by atoms with E-state index >= 15 is 0 Å². The zero-order valence-electron chi connectivity index (χ0n) is 15.7. The van der Waals surface area contributed by atoms with E-state index in [-0.39, 0.29) is 18.3 Å². The van der Waals surface area contributed by atoms with Crippen LogP contribution >= 0.6 is 0 Å². The number of allylic oxidation sites excluding steroid dienone is 1. The highest BCUT2D eigenvalue weighted by molar-refractivity contribution is 5.91. The normalized spacial score (nSPS) is 28.0. The first kappa shape index (κ1) is 18.8. The van der Waals surface area contributed by atoms with E-state index in [0.717, 1.165) is 24.9 Å². The minimum absolute atomic E-state index is 0.125. The Kier molecular flexibility index (Phi) is 4.16. The lowest BCUT2D eigenvalue weighted by Gasteiger charge is -2.40. The Hall–Kier alpha value is -3.24. The fourth-order valence-corrected chi connectivity index (χ4v) is 4.01. The van der Waals surface area contributed by atoms with Gasteiger partial charge in [-0.05, 0) is 24.6 Å². The van der Waals surface area contributed by atoms with Crippen molar-refractivity contribution in [1.29, 1.82) is 0 Å². The number of nitrogens with zero attached hydrogens (tertiary/aromatic N) is 3. The van der Waals surface area contributed by atoms with Crippen molar-refractivity contribution in [3.63, 3.8) is 0 Å². The molecule has 2 fully saturated rings. The SMILES string of the molecule is O=C(NC1CC1(F)F)C1C=CC2=C(N1)N(C(=O)Nc1ccc(F)cn1)[C@H]1CCN2C1. The lowest BCUT2D eigenvalue weighted by molar-refractivity contribution is -0.122. The number of carbonyl (C=O) groups is 2. The summed E-state index contributed by atoms with van der Waals surface area (Å²) in [5.74, 6) is -3.32. The van der Waals surface area contributed by atoms with Crippen molar-refractivity contribution in [3.8, 4) is 0 Å². The Morgan fingerprint density at radius 1 is 1.30 bits per heavy atom. The van der Waals surface area contributed by atoms with Crippen LogP contribution in [-0.4, -0.2) is 63.9 Å². The molecular formula is C19H19F3N6O2. The van der Waals surface area contributed by atoms with Crippen LogP contribution in [0.3, 0.4) is 0 Å². The predicted octanol–water partition coefficient (Wildman–Crippen LogP) is 1.36. The van der Waals surface area contributed by atoms with Gasteiger partial charge in [-0.15, -0.1) is 0 Å². The van der Waals surface area contributed by atoms with Crippen LogP contribution in [0, 0.1) is 5.82 Å². The number of urea groups is 1. The molecule has 3 atom stereocenters. The summed E-state index contributed by atoms with van der Waals surface area (Å²) >= 11 is 0. The van der Waals surface area contributed by atoms with Gasteiger partial charge in [0.2, 0.25) is 5.91 Å². The number of rotatable bonds is 3. The van der Waals surface area contributed by atoms with Crippen LogP contribution in [0.5, 0.6) is 0 Å². The van der Waals surface area contributed by atoms with Gasteiger partial charge >= 0.3 is 6.03 Å². The van der Waals surface area contributed by atoms with E-state index in [1.54, 1.807) is 12.2 Å². The zero-order valence-corrected chi connectivity index (χ0v) is 15.7. The van der Waals surface area contributed by atoms with E-state index in [2.05, 4.69) is 25.8 Å². The second-order valence-corrected chi connectivity index (χ2v) is 7.79. The van der Waals surface area contributed by atoms with Crippen LogP contribution in [0.15, 0.2) is 42.0 Å². The third-order valence-corrected chi connectivity index (χ3v) is 5.70. The number of carbonyl (C=O) groups excluding carboxylic acids is 2. The lowest BCUT2D eigenvalue weighted by Crippen LogP contribution is -2.56. The Balaban J connectivity index is 1.35. The average Bonchev–Trinajstić information content (AvgIpc) is 3.11. The molecule has 4 heterocycles. The number of anilines is 1. The number of fused-ring (bicyclic) bond motifs is 3. The molecule has 3 aliphatic heterocycles. The van der Waals surface area contributed by atoms with Crippen LogP contribution in [0.25, 0.3) is 0 Å². The van der Waals surface area contributed by atoms with Crippen molar-refractivity contribution in [2.75, 3.05) is 18.4 Å².